The normalized spacial score (nSPS) is 22.7. The van der Waals surface area contributed by atoms with Gasteiger partial charge in [-0.2, -0.15) is 4.98 Å². The molecule has 0 spiro atoms. The third-order valence-electron chi connectivity index (χ3n) is 5.86. The van der Waals surface area contributed by atoms with Crippen molar-refractivity contribution in [1.82, 2.24) is 25.3 Å². The van der Waals surface area contributed by atoms with E-state index in [2.05, 4.69) is 20.8 Å². The first kappa shape index (κ1) is 17.8. The molecule has 1 saturated heterocycles. The Hall–Kier alpha value is -3.26. The zero-order valence-corrected chi connectivity index (χ0v) is 15.7. The summed E-state index contributed by atoms with van der Waals surface area (Å²) in [5, 5.41) is 10.2. The summed E-state index contributed by atoms with van der Waals surface area (Å²) in [6.07, 6.45) is 2.21. The number of nitrogens with one attached hydrogen (secondary N) is 2. The lowest BCUT2D eigenvalue weighted by Crippen LogP contribution is -2.52. The number of hydrogen-bond donors (Lipinski definition) is 2. The average molecular weight is 391 g/mol. The summed E-state index contributed by atoms with van der Waals surface area (Å²) in [6, 6.07) is 12.4. The topological polar surface area (TPSA) is 102 Å². The van der Waals surface area contributed by atoms with E-state index in [1.807, 2.05) is 30.3 Å². The van der Waals surface area contributed by atoms with Gasteiger partial charge in [-0.15, -0.1) is 0 Å². The number of pyridine rings is 1. The van der Waals surface area contributed by atoms with Crippen LogP contribution in [0.25, 0.3) is 11.4 Å². The van der Waals surface area contributed by atoms with Gasteiger partial charge in [0.05, 0.1) is 0 Å². The highest BCUT2D eigenvalue weighted by Crippen LogP contribution is 2.38. The van der Waals surface area contributed by atoms with Crippen molar-refractivity contribution in [2.75, 3.05) is 13.1 Å². The third kappa shape index (κ3) is 3.25. The molecule has 0 unspecified atom stereocenters. The van der Waals surface area contributed by atoms with Crippen molar-refractivity contribution in [3.63, 3.8) is 0 Å². The molecule has 2 aliphatic heterocycles. The predicted octanol–water partition coefficient (Wildman–Crippen LogP) is 1.46. The third-order valence-corrected chi connectivity index (χ3v) is 5.86. The maximum absolute atomic E-state index is 13.1. The largest absolute Gasteiger partial charge is 0.350 e. The molecule has 3 atom stereocenters. The molecule has 1 fully saturated rings. The van der Waals surface area contributed by atoms with Crippen LogP contribution in [0.1, 0.15) is 29.6 Å². The van der Waals surface area contributed by atoms with Gasteiger partial charge in [0.15, 0.2) is 0 Å². The number of amides is 1. The van der Waals surface area contributed by atoms with Crippen LogP contribution in [0.4, 0.5) is 0 Å². The van der Waals surface area contributed by atoms with Gasteiger partial charge in [0.1, 0.15) is 6.04 Å². The van der Waals surface area contributed by atoms with E-state index in [0.717, 1.165) is 36.3 Å². The molecule has 1 aromatic carbocycles. The number of hydrogen-bond acceptors (Lipinski definition) is 6. The molecule has 2 aromatic heterocycles. The van der Waals surface area contributed by atoms with Gasteiger partial charge >= 0.3 is 0 Å². The van der Waals surface area contributed by atoms with Gasteiger partial charge in [-0.3, -0.25) is 14.2 Å². The SMILES string of the molecule is O=C(NCc1ccc(-c2ncon2)cc1)[C@H]1[C@@H]2CNC[C@@H](C2)c2cccc(=O)n21. The molecule has 8 nitrogen and oxygen atoms in total. The van der Waals surface area contributed by atoms with Crippen LogP contribution in [-0.4, -0.2) is 33.7 Å². The molecule has 148 valence electrons. The molecule has 2 bridgehead atoms. The fourth-order valence-electron chi connectivity index (χ4n) is 4.49. The summed E-state index contributed by atoms with van der Waals surface area (Å²) in [4.78, 5) is 29.7. The van der Waals surface area contributed by atoms with Gasteiger partial charge < -0.3 is 15.2 Å². The Balaban J connectivity index is 1.34. The molecule has 8 heteroatoms. The predicted molar refractivity (Wildman–Crippen MR) is 105 cm³/mol. The summed E-state index contributed by atoms with van der Waals surface area (Å²) in [6.45, 7) is 1.98. The molecule has 2 N–H and O–H groups in total. The number of carbonyl (C=O) groups is 1. The first-order valence-corrected chi connectivity index (χ1v) is 9.76. The molecular weight excluding hydrogens is 370 g/mol. The Morgan fingerprint density at radius 1 is 1.21 bits per heavy atom. The lowest BCUT2D eigenvalue weighted by Gasteiger charge is -2.42. The molecule has 0 aliphatic carbocycles. The monoisotopic (exact) mass is 391 g/mol. The van der Waals surface area contributed by atoms with Gasteiger partial charge in [0.25, 0.3) is 5.56 Å². The van der Waals surface area contributed by atoms with Crippen molar-refractivity contribution in [1.29, 1.82) is 0 Å². The number of fused-ring (bicyclic) bond motifs is 4. The smallest absolute Gasteiger partial charge is 0.251 e. The molecular formula is C21H21N5O3. The maximum Gasteiger partial charge on any atom is 0.251 e. The van der Waals surface area contributed by atoms with E-state index in [1.165, 1.54) is 12.5 Å². The van der Waals surface area contributed by atoms with Crippen molar-refractivity contribution < 1.29 is 9.32 Å². The summed E-state index contributed by atoms with van der Waals surface area (Å²) in [5.74, 6) is 0.804. The molecule has 0 saturated carbocycles. The van der Waals surface area contributed by atoms with E-state index in [0.29, 0.717) is 12.4 Å². The number of rotatable bonds is 4. The van der Waals surface area contributed by atoms with Crippen LogP contribution in [0.15, 0.2) is 58.2 Å². The minimum atomic E-state index is -0.485. The first-order valence-electron chi connectivity index (χ1n) is 9.76. The van der Waals surface area contributed by atoms with Crippen LogP contribution in [0.3, 0.4) is 0 Å². The Morgan fingerprint density at radius 2 is 2.07 bits per heavy atom. The quantitative estimate of drug-likeness (QED) is 0.698. The van der Waals surface area contributed by atoms with Crippen molar-refractivity contribution in [2.45, 2.75) is 24.9 Å². The second-order valence-electron chi connectivity index (χ2n) is 7.62. The minimum absolute atomic E-state index is 0.108. The highest BCUT2D eigenvalue weighted by atomic mass is 16.5. The van der Waals surface area contributed by atoms with Crippen LogP contribution in [0.5, 0.6) is 0 Å². The summed E-state index contributed by atoms with van der Waals surface area (Å²) in [7, 11) is 0. The Kier molecular flexibility index (Phi) is 4.48. The molecule has 1 amide bonds. The highest BCUT2D eigenvalue weighted by Gasteiger charge is 2.41. The van der Waals surface area contributed by atoms with Crippen molar-refractivity contribution in [3.8, 4) is 11.4 Å². The Bertz CT molecular complexity index is 1070. The zero-order valence-electron chi connectivity index (χ0n) is 15.7. The molecule has 4 heterocycles. The maximum atomic E-state index is 13.1. The minimum Gasteiger partial charge on any atom is -0.350 e. The van der Waals surface area contributed by atoms with E-state index in [4.69, 9.17) is 4.52 Å². The molecule has 2 aliphatic rings. The lowest BCUT2D eigenvalue weighted by atomic mass is 9.79. The summed E-state index contributed by atoms with van der Waals surface area (Å²) in [5.41, 5.74) is 2.65. The van der Waals surface area contributed by atoms with E-state index >= 15 is 0 Å². The zero-order chi connectivity index (χ0) is 19.8. The summed E-state index contributed by atoms with van der Waals surface area (Å²) < 4.78 is 6.47. The number of carbonyl (C=O) groups excluding carboxylic acids is 1. The van der Waals surface area contributed by atoms with Gasteiger partial charge in [0, 0.05) is 48.8 Å². The second-order valence-corrected chi connectivity index (χ2v) is 7.62. The van der Waals surface area contributed by atoms with E-state index in [-0.39, 0.29) is 23.3 Å². The van der Waals surface area contributed by atoms with E-state index in [1.54, 1.807) is 10.6 Å². The van der Waals surface area contributed by atoms with Crippen LogP contribution in [0, 0.1) is 5.92 Å². The number of nitrogens with zero attached hydrogens (tertiary/aromatic N) is 3. The summed E-state index contributed by atoms with van der Waals surface area (Å²) >= 11 is 0. The number of piperidine rings is 1. The Labute approximate surface area is 166 Å². The molecule has 0 radical (unpaired) electrons. The van der Waals surface area contributed by atoms with Crippen molar-refractivity contribution in [2.24, 2.45) is 5.92 Å². The lowest BCUT2D eigenvalue weighted by molar-refractivity contribution is -0.127. The van der Waals surface area contributed by atoms with Crippen molar-refractivity contribution in [3.05, 3.63) is 70.5 Å². The first-order chi connectivity index (χ1) is 14.2. The average Bonchev–Trinajstić information content (AvgIpc) is 3.29. The van der Waals surface area contributed by atoms with Gasteiger partial charge in [-0.1, -0.05) is 35.5 Å². The van der Waals surface area contributed by atoms with Crippen LogP contribution in [0.2, 0.25) is 0 Å². The van der Waals surface area contributed by atoms with E-state index < -0.39 is 6.04 Å². The number of benzene rings is 1. The molecule has 29 heavy (non-hydrogen) atoms. The Morgan fingerprint density at radius 3 is 2.86 bits per heavy atom. The fourth-order valence-corrected chi connectivity index (χ4v) is 4.49. The second kappa shape index (κ2) is 7.29. The fraction of sp³-hybridized carbons (Fsp3) is 0.333. The highest BCUT2D eigenvalue weighted by molar-refractivity contribution is 5.81. The van der Waals surface area contributed by atoms with Gasteiger partial charge in [-0.25, -0.2) is 0 Å². The van der Waals surface area contributed by atoms with Crippen LogP contribution in [-0.2, 0) is 11.3 Å². The standard InChI is InChI=1S/C21H21N5O3/c27-18-3-1-2-17-15-8-16(11-22-10-15)19(26(17)18)21(28)23-9-13-4-6-14(7-5-13)20-24-12-29-25-20/h1-7,12,15-16,19,22H,8-11H2,(H,23,28)/t15-,16+,19-/m1/s1. The van der Waals surface area contributed by atoms with Gasteiger partial charge in [-0.05, 0) is 18.1 Å². The van der Waals surface area contributed by atoms with Crippen molar-refractivity contribution >= 4 is 5.91 Å². The van der Waals surface area contributed by atoms with Crippen LogP contribution < -0.4 is 16.2 Å². The van der Waals surface area contributed by atoms with Gasteiger partial charge in [0.2, 0.25) is 18.1 Å². The van der Waals surface area contributed by atoms with Crippen LogP contribution >= 0.6 is 0 Å². The number of aromatic nitrogens is 3. The van der Waals surface area contributed by atoms with E-state index in [9.17, 15) is 9.59 Å². The molecule has 5 rings (SSSR count). The molecule has 3 aromatic rings.